The fourth-order valence-electron chi connectivity index (χ4n) is 2.95. The molecule has 2 rings (SSSR count). The van der Waals surface area contributed by atoms with Gasteiger partial charge in [0, 0.05) is 19.2 Å². The first-order valence-electron chi connectivity index (χ1n) is 8.38. The molecule has 1 aromatic rings. The molecule has 1 aliphatic rings. The van der Waals surface area contributed by atoms with E-state index >= 15 is 0 Å². The van der Waals surface area contributed by atoms with Gasteiger partial charge in [-0.2, -0.15) is 0 Å². The van der Waals surface area contributed by atoms with Gasteiger partial charge in [-0.1, -0.05) is 37.8 Å². The second kappa shape index (κ2) is 8.62. The molecule has 120 valence electrons. The maximum absolute atomic E-state index is 12.3. The zero-order valence-corrected chi connectivity index (χ0v) is 13.8. The van der Waals surface area contributed by atoms with Crippen molar-refractivity contribution in [1.82, 2.24) is 4.90 Å². The third-order valence-electron chi connectivity index (χ3n) is 4.33. The highest BCUT2D eigenvalue weighted by Crippen LogP contribution is 2.21. The van der Waals surface area contributed by atoms with Gasteiger partial charge in [0.1, 0.15) is 5.75 Å². The Morgan fingerprint density at radius 2 is 1.82 bits per heavy atom. The Balaban J connectivity index is 1.91. The highest BCUT2D eigenvalue weighted by molar-refractivity contribution is 5.91. The molecule has 1 saturated carbocycles. The van der Waals surface area contributed by atoms with Gasteiger partial charge in [-0.05, 0) is 43.5 Å². The Bertz CT molecular complexity index is 485. The summed E-state index contributed by atoms with van der Waals surface area (Å²) in [7, 11) is 1.93. The number of hydrogen-bond acceptors (Lipinski definition) is 2. The van der Waals surface area contributed by atoms with Crippen molar-refractivity contribution in [2.45, 2.75) is 51.5 Å². The summed E-state index contributed by atoms with van der Waals surface area (Å²) in [5, 5.41) is 0. The maximum atomic E-state index is 12.3. The minimum Gasteiger partial charge on any atom is -0.494 e. The predicted octanol–water partition coefficient (Wildman–Crippen LogP) is 4.28. The molecule has 0 radical (unpaired) electrons. The Hall–Kier alpha value is -1.77. The van der Waals surface area contributed by atoms with E-state index in [0.29, 0.717) is 12.6 Å². The van der Waals surface area contributed by atoms with Gasteiger partial charge in [0.15, 0.2) is 0 Å². The standard InChI is InChI=1S/C19H27NO2/c1-3-22-18-13-10-16(11-14-18)12-15-19(21)20(2)17-8-6-4-5-7-9-17/h10-15,17H,3-9H2,1-2H3/b15-12+. The quantitative estimate of drug-likeness (QED) is 0.600. The van der Waals surface area contributed by atoms with Crippen LogP contribution in [0.15, 0.2) is 30.3 Å². The molecule has 0 spiro atoms. The molecule has 0 bridgehead atoms. The minimum absolute atomic E-state index is 0.0979. The average molecular weight is 301 g/mol. The summed E-state index contributed by atoms with van der Waals surface area (Å²) >= 11 is 0. The molecule has 0 N–H and O–H groups in total. The second-order valence-electron chi connectivity index (χ2n) is 5.93. The summed E-state index contributed by atoms with van der Waals surface area (Å²) in [4.78, 5) is 14.2. The summed E-state index contributed by atoms with van der Waals surface area (Å²) in [5.74, 6) is 0.960. The van der Waals surface area contributed by atoms with Gasteiger partial charge >= 0.3 is 0 Å². The van der Waals surface area contributed by atoms with Crippen molar-refractivity contribution >= 4 is 12.0 Å². The monoisotopic (exact) mass is 301 g/mol. The van der Waals surface area contributed by atoms with Crippen molar-refractivity contribution in [3.63, 3.8) is 0 Å². The molecule has 22 heavy (non-hydrogen) atoms. The van der Waals surface area contributed by atoms with Crippen molar-refractivity contribution in [2.24, 2.45) is 0 Å². The number of nitrogens with zero attached hydrogens (tertiary/aromatic N) is 1. The van der Waals surface area contributed by atoms with Crippen LogP contribution in [0.3, 0.4) is 0 Å². The molecule has 3 nitrogen and oxygen atoms in total. The molecule has 0 aliphatic heterocycles. The zero-order chi connectivity index (χ0) is 15.8. The number of carbonyl (C=O) groups excluding carboxylic acids is 1. The van der Waals surface area contributed by atoms with Crippen LogP contribution in [0.4, 0.5) is 0 Å². The molecule has 3 heteroatoms. The number of likely N-dealkylation sites (N-methyl/N-ethyl adjacent to an activating group) is 1. The van der Waals surface area contributed by atoms with Crippen LogP contribution in [0.2, 0.25) is 0 Å². The average Bonchev–Trinajstić information content (AvgIpc) is 2.82. The van der Waals surface area contributed by atoms with Gasteiger partial charge in [-0.15, -0.1) is 0 Å². The third-order valence-corrected chi connectivity index (χ3v) is 4.33. The van der Waals surface area contributed by atoms with Crippen LogP contribution in [-0.4, -0.2) is 30.5 Å². The fourth-order valence-corrected chi connectivity index (χ4v) is 2.95. The summed E-state index contributed by atoms with van der Waals surface area (Å²) in [6.07, 6.45) is 10.9. The van der Waals surface area contributed by atoms with Crippen molar-refractivity contribution in [3.05, 3.63) is 35.9 Å². The molecule has 0 saturated heterocycles. The van der Waals surface area contributed by atoms with E-state index in [1.807, 2.05) is 49.2 Å². The van der Waals surface area contributed by atoms with E-state index in [9.17, 15) is 4.79 Å². The lowest BCUT2D eigenvalue weighted by Crippen LogP contribution is -2.35. The van der Waals surface area contributed by atoms with Crippen LogP contribution in [0.25, 0.3) is 6.08 Å². The molecular weight excluding hydrogens is 274 g/mol. The summed E-state index contributed by atoms with van der Waals surface area (Å²) in [5.41, 5.74) is 1.02. The first kappa shape index (κ1) is 16.6. The first-order chi connectivity index (χ1) is 10.7. The lowest BCUT2D eigenvalue weighted by molar-refractivity contribution is -0.126. The molecular formula is C19H27NO2. The molecule has 1 aromatic carbocycles. The Kier molecular flexibility index (Phi) is 6.50. The van der Waals surface area contributed by atoms with Gasteiger partial charge in [0.05, 0.1) is 6.61 Å². The second-order valence-corrected chi connectivity index (χ2v) is 5.93. The van der Waals surface area contributed by atoms with Crippen LogP contribution < -0.4 is 4.74 Å². The van der Waals surface area contributed by atoms with E-state index in [4.69, 9.17) is 4.74 Å². The van der Waals surface area contributed by atoms with Crippen LogP contribution in [0, 0.1) is 0 Å². The summed E-state index contributed by atoms with van der Waals surface area (Å²) in [6, 6.07) is 8.21. The lowest BCUT2D eigenvalue weighted by Gasteiger charge is -2.26. The highest BCUT2D eigenvalue weighted by atomic mass is 16.5. The smallest absolute Gasteiger partial charge is 0.246 e. The van der Waals surface area contributed by atoms with E-state index in [1.54, 1.807) is 6.08 Å². The lowest BCUT2D eigenvalue weighted by atomic mass is 10.1. The number of rotatable bonds is 5. The minimum atomic E-state index is 0.0979. The number of hydrogen-bond donors (Lipinski definition) is 0. The SMILES string of the molecule is CCOc1ccc(/C=C/C(=O)N(C)C2CCCCCC2)cc1. The van der Waals surface area contributed by atoms with Crippen molar-refractivity contribution in [3.8, 4) is 5.75 Å². The zero-order valence-electron chi connectivity index (χ0n) is 13.8. The third kappa shape index (κ3) is 4.90. The van der Waals surface area contributed by atoms with Crippen molar-refractivity contribution in [2.75, 3.05) is 13.7 Å². The Labute approximate surface area is 134 Å². The molecule has 1 amide bonds. The first-order valence-corrected chi connectivity index (χ1v) is 8.38. The van der Waals surface area contributed by atoms with Crippen LogP contribution >= 0.6 is 0 Å². The summed E-state index contributed by atoms with van der Waals surface area (Å²) < 4.78 is 5.42. The van der Waals surface area contributed by atoms with E-state index in [2.05, 4.69) is 0 Å². The van der Waals surface area contributed by atoms with Crippen LogP contribution in [0.1, 0.15) is 51.0 Å². The normalized spacial score (nSPS) is 16.5. The van der Waals surface area contributed by atoms with E-state index in [-0.39, 0.29) is 5.91 Å². The van der Waals surface area contributed by atoms with Crippen LogP contribution in [0.5, 0.6) is 5.75 Å². The van der Waals surface area contributed by atoms with Gasteiger partial charge < -0.3 is 9.64 Å². The van der Waals surface area contributed by atoms with Crippen LogP contribution in [-0.2, 0) is 4.79 Å². The van der Waals surface area contributed by atoms with Gasteiger partial charge in [0.2, 0.25) is 5.91 Å². The predicted molar refractivity (Wildman–Crippen MR) is 90.9 cm³/mol. The molecule has 0 heterocycles. The topological polar surface area (TPSA) is 29.5 Å². The fraction of sp³-hybridized carbons (Fsp3) is 0.526. The van der Waals surface area contributed by atoms with Crippen molar-refractivity contribution < 1.29 is 9.53 Å². The Morgan fingerprint density at radius 1 is 1.18 bits per heavy atom. The Morgan fingerprint density at radius 3 is 2.41 bits per heavy atom. The highest BCUT2D eigenvalue weighted by Gasteiger charge is 2.19. The summed E-state index contributed by atoms with van der Waals surface area (Å²) in [6.45, 7) is 2.63. The molecule has 1 aliphatic carbocycles. The molecule has 0 aromatic heterocycles. The number of amides is 1. The maximum Gasteiger partial charge on any atom is 0.246 e. The molecule has 1 fully saturated rings. The number of carbonyl (C=O) groups is 1. The van der Waals surface area contributed by atoms with Gasteiger partial charge in [0.25, 0.3) is 0 Å². The van der Waals surface area contributed by atoms with Gasteiger partial charge in [-0.3, -0.25) is 4.79 Å². The largest absolute Gasteiger partial charge is 0.494 e. The van der Waals surface area contributed by atoms with Gasteiger partial charge in [-0.25, -0.2) is 0 Å². The number of ether oxygens (including phenoxy) is 1. The molecule has 0 unspecified atom stereocenters. The van der Waals surface area contributed by atoms with Crippen molar-refractivity contribution in [1.29, 1.82) is 0 Å². The molecule has 0 atom stereocenters. The van der Waals surface area contributed by atoms with E-state index < -0.39 is 0 Å². The van der Waals surface area contributed by atoms with E-state index in [0.717, 1.165) is 24.2 Å². The number of benzene rings is 1. The van der Waals surface area contributed by atoms with E-state index in [1.165, 1.54) is 25.7 Å².